The number of benzene rings is 1. The molecule has 2 heteroatoms. The van der Waals surface area contributed by atoms with E-state index in [0.29, 0.717) is 5.92 Å². The van der Waals surface area contributed by atoms with Crippen molar-refractivity contribution in [2.24, 2.45) is 5.92 Å². The maximum atomic E-state index is 12.7. The Hall–Kier alpha value is -1.36. The van der Waals surface area contributed by atoms with Gasteiger partial charge in [-0.2, -0.15) is 0 Å². The molecule has 1 atom stereocenters. The van der Waals surface area contributed by atoms with Crippen LogP contribution in [-0.2, 0) is 6.42 Å². The highest BCUT2D eigenvalue weighted by Crippen LogP contribution is 2.43. The van der Waals surface area contributed by atoms with E-state index < -0.39 is 0 Å². The molecule has 1 saturated carbocycles. The average molecular weight is 203 g/mol. The van der Waals surface area contributed by atoms with Crippen molar-refractivity contribution in [3.05, 3.63) is 47.1 Å². The quantitative estimate of drug-likeness (QED) is 0.663. The van der Waals surface area contributed by atoms with Crippen LogP contribution in [0.2, 0.25) is 0 Å². The lowest BCUT2D eigenvalue weighted by molar-refractivity contribution is 0.480. The average Bonchev–Trinajstić information content (AvgIpc) is 3.05. The summed E-state index contributed by atoms with van der Waals surface area (Å²) in [5.41, 5.74) is 0.777. The van der Waals surface area contributed by atoms with Gasteiger partial charge < -0.3 is 4.85 Å². The van der Waals surface area contributed by atoms with Gasteiger partial charge in [0.05, 0.1) is 6.42 Å². The Morgan fingerprint density at radius 1 is 1.40 bits per heavy atom. The zero-order valence-electron chi connectivity index (χ0n) is 8.83. The van der Waals surface area contributed by atoms with E-state index in [1.165, 1.54) is 25.0 Å². The van der Waals surface area contributed by atoms with Crippen LogP contribution in [0.4, 0.5) is 4.39 Å². The highest BCUT2D eigenvalue weighted by atomic mass is 19.1. The van der Waals surface area contributed by atoms with E-state index in [1.807, 2.05) is 6.92 Å². The van der Waals surface area contributed by atoms with Crippen molar-refractivity contribution in [3.8, 4) is 0 Å². The molecule has 0 aliphatic heterocycles. The van der Waals surface area contributed by atoms with E-state index in [1.54, 1.807) is 12.1 Å². The summed E-state index contributed by atoms with van der Waals surface area (Å²) in [5.74, 6) is 0.328. The molecule has 0 spiro atoms. The highest BCUT2D eigenvalue weighted by Gasteiger charge is 2.47. The molecular weight excluding hydrogens is 189 g/mol. The molecule has 0 bridgehead atoms. The van der Waals surface area contributed by atoms with Crippen molar-refractivity contribution in [1.29, 1.82) is 0 Å². The fourth-order valence-electron chi connectivity index (χ4n) is 2.00. The molecule has 0 saturated heterocycles. The van der Waals surface area contributed by atoms with E-state index in [2.05, 4.69) is 4.85 Å². The number of halogens is 1. The fourth-order valence-corrected chi connectivity index (χ4v) is 2.00. The lowest BCUT2D eigenvalue weighted by atomic mass is 9.89. The molecule has 1 unspecified atom stereocenters. The van der Waals surface area contributed by atoms with E-state index in [0.717, 1.165) is 12.0 Å². The summed E-state index contributed by atoms with van der Waals surface area (Å²) in [6.45, 7) is 9.28. The summed E-state index contributed by atoms with van der Waals surface area (Å²) in [5, 5.41) is 0. The van der Waals surface area contributed by atoms with Gasteiger partial charge in [0, 0.05) is 12.8 Å². The summed E-state index contributed by atoms with van der Waals surface area (Å²) in [4.78, 5) is 3.76. The number of hydrogen-bond donors (Lipinski definition) is 0. The van der Waals surface area contributed by atoms with Gasteiger partial charge >= 0.3 is 0 Å². The Morgan fingerprint density at radius 3 is 2.47 bits per heavy atom. The highest BCUT2D eigenvalue weighted by molar-refractivity contribution is 5.22. The van der Waals surface area contributed by atoms with Crippen molar-refractivity contribution in [3.63, 3.8) is 0 Å². The smallest absolute Gasteiger partial charge is 0.236 e. The fraction of sp³-hybridized carbons (Fsp3) is 0.462. The van der Waals surface area contributed by atoms with Gasteiger partial charge in [-0.05, 0) is 30.5 Å². The first-order valence-corrected chi connectivity index (χ1v) is 5.27. The Kier molecular flexibility index (Phi) is 2.48. The van der Waals surface area contributed by atoms with Gasteiger partial charge in [0.15, 0.2) is 0 Å². The normalized spacial score (nSPS) is 19.3. The Morgan fingerprint density at radius 2 is 2.00 bits per heavy atom. The van der Waals surface area contributed by atoms with E-state index in [9.17, 15) is 4.39 Å². The molecule has 0 radical (unpaired) electrons. The second-order valence-corrected chi connectivity index (χ2v) is 4.55. The first-order chi connectivity index (χ1) is 7.14. The van der Waals surface area contributed by atoms with Crippen molar-refractivity contribution in [1.82, 2.24) is 0 Å². The topological polar surface area (TPSA) is 4.36 Å². The van der Waals surface area contributed by atoms with Crippen LogP contribution < -0.4 is 0 Å². The molecule has 1 aromatic carbocycles. The molecule has 0 aromatic heterocycles. The molecule has 1 aliphatic rings. The van der Waals surface area contributed by atoms with Gasteiger partial charge in [-0.1, -0.05) is 12.1 Å². The minimum atomic E-state index is -0.280. The van der Waals surface area contributed by atoms with Gasteiger partial charge in [-0.3, -0.25) is 0 Å². The second kappa shape index (κ2) is 3.66. The molecular formula is C13H14FN. The van der Waals surface area contributed by atoms with Crippen LogP contribution in [0.5, 0.6) is 0 Å². The van der Waals surface area contributed by atoms with Gasteiger partial charge in [0.2, 0.25) is 5.54 Å². The standard InChI is InChI=1S/C13H14FN/c1-13(15-2,11-5-6-11)9-10-3-7-12(14)8-4-10/h3-4,7-8,11H,5-6,9H2,1H3. The van der Waals surface area contributed by atoms with Gasteiger partial charge in [0.25, 0.3) is 0 Å². The Balaban J connectivity index is 2.13. The zero-order chi connectivity index (χ0) is 10.9. The van der Waals surface area contributed by atoms with Gasteiger partial charge in [0.1, 0.15) is 5.82 Å². The number of rotatable bonds is 3. The monoisotopic (exact) mass is 203 g/mol. The molecule has 1 fully saturated rings. The SMILES string of the molecule is [C-]#[N+]C(C)(Cc1ccc(F)cc1)C1CC1. The van der Waals surface area contributed by atoms with E-state index in [-0.39, 0.29) is 11.4 Å². The Bertz CT molecular complexity index is 386. The van der Waals surface area contributed by atoms with Crippen LogP contribution in [0.3, 0.4) is 0 Å². The molecule has 1 aliphatic carbocycles. The van der Waals surface area contributed by atoms with Gasteiger partial charge in [-0.15, -0.1) is 0 Å². The third-order valence-corrected chi connectivity index (χ3v) is 3.19. The third-order valence-electron chi connectivity index (χ3n) is 3.19. The van der Waals surface area contributed by atoms with Gasteiger partial charge in [-0.25, -0.2) is 11.0 Å². The van der Waals surface area contributed by atoms with E-state index in [4.69, 9.17) is 6.57 Å². The summed E-state index contributed by atoms with van der Waals surface area (Å²) >= 11 is 0. The van der Waals surface area contributed by atoms with Crippen LogP contribution >= 0.6 is 0 Å². The van der Waals surface area contributed by atoms with Crippen LogP contribution in [0.25, 0.3) is 4.85 Å². The predicted octanol–water partition coefficient (Wildman–Crippen LogP) is 3.46. The molecule has 1 aromatic rings. The maximum Gasteiger partial charge on any atom is 0.236 e. The van der Waals surface area contributed by atoms with Crippen molar-refractivity contribution in [2.45, 2.75) is 31.7 Å². The lowest BCUT2D eigenvalue weighted by Crippen LogP contribution is -2.25. The second-order valence-electron chi connectivity index (χ2n) is 4.55. The van der Waals surface area contributed by atoms with Crippen LogP contribution in [0, 0.1) is 18.3 Å². The molecule has 15 heavy (non-hydrogen) atoms. The molecule has 0 N–H and O–H groups in total. The van der Waals surface area contributed by atoms with E-state index >= 15 is 0 Å². The summed E-state index contributed by atoms with van der Waals surface area (Å²) in [6, 6.07) is 6.49. The third kappa shape index (κ3) is 2.18. The minimum absolute atomic E-state index is 0.213. The molecule has 78 valence electrons. The van der Waals surface area contributed by atoms with Crippen molar-refractivity contribution in [2.75, 3.05) is 0 Å². The molecule has 0 heterocycles. The number of nitrogens with zero attached hydrogens (tertiary/aromatic N) is 1. The molecule has 1 nitrogen and oxygen atoms in total. The summed E-state index contributed by atoms with van der Waals surface area (Å²) < 4.78 is 12.7. The van der Waals surface area contributed by atoms with Crippen LogP contribution in [0.15, 0.2) is 24.3 Å². The van der Waals surface area contributed by atoms with Crippen molar-refractivity contribution < 1.29 is 4.39 Å². The maximum absolute atomic E-state index is 12.7. The first kappa shape index (κ1) is 10.2. The zero-order valence-corrected chi connectivity index (χ0v) is 8.83. The lowest BCUT2D eigenvalue weighted by Gasteiger charge is -2.16. The summed E-state index contributed by atoms with van der Waals surface area (Å²) in [6.07, 6.45) is 3.07. The molecule has 0 amide bonds. The van der Waals surface area contributed by atoms with Crippen LogP contribution in [-0.4, -0.2) is 5.54 Å². The number of hydrogen-bond acceptors (Lipinski definition) is 0. The minimum Gasteiger partial charge on any atom is -0.310 e. The Labute approximate surface area is 89.7 Å². The first-order valence-electron chi connectivity index (χ1n) is 5.27. The molecule has 2 rings (SSSR count). The predicted molar refractivity (Wildman–Crippen MR) is 57.8 cm³/mol. The van der Waals surface area contributed by atoms with Crippen LogP contribution in [0.1, 0.15) is 25.3 Å². The van der Waals surface area contributed by atoms with Crippen molar-refractivity contribution >= 4 is 0 Å². The summed E-state index contributed by atoms with van der Waals surface area (Å²) in [7, 11) is 0. The largest absolute Gasteiger partial charge is 0.310 e.